The van der Waals surface area contributed by atoms with Crippen molar-refractivity contribution in [1.29, 1.82) is 0 Å². The van der Waals surface area contributed by atoms with E-state index in [1.54, 1.807) is 0 Å². The van der Waals surface area contributed by atoms with Gasteiger partial charge in [0.15, 0.2) is 0 Å². The maximum atomic E-state index is 7.04. The average Bonchev–Trinajstić information content (AvgIpc) is 2.93. The van der Waals surface area contributed by atoms with Gasteiger partial charge in [0.2, 0.25) is 0 Å². The highest BCUT2D eigenvalue weighted by molar-refractivity contribution is 5.80. The topological polar surface area (TPSA) is 38.0 Å². The standard InChI is InChI=1S/C36H54N2/c1-9-27-22-30-21-26(8)33(31(11-3)29-17-15-14-16-18-29)23-34(30)35(37)32(27)19-20-36(12-4,13-5)38-24-28(10-2)25(6)7/h4,9,11,21,23,25,28-29,38H,10,13-20,22,24,37H2,1-3,5-8H3/b27-9-,31-11-. The lowest BCUT2D eigenvalue weighted by Gasteiger charge is -2.33. The van der Waals surface area contributed by atoms with E-state index in [0.717, 1.165) is 37.9 Å². The Morgan fingerprint density at radius 3 is 2.45 bits per heavy atom. The summed E-state index contributed by atoms with van der Waals surface area (Å²) in [6, 6.07) is 4.82. The molecule has 3 N–H and O–H groups in total. The Bertz CT molecular complexity index is 1090. The summed E-state index contributed by atoms with van der Waals surface area (Å²) >= 11 is 0. The van der Waals surface area contributed by atoms with Crippen molar-refractivity contribution >= 4 is 11.3 Å². The predicted molar refractivity (Wildman–Crippen MR) is 168 cm³/mol. The number of rotatable bonds is 11. The van der Waals surface area contributed by atoms with Crippen molar-refractivity contribution in [1.82, 2.24) is 5.32 Å². The highest BCUT2D eigenvalue weighted by atomic mass is 15.0. The van der Waals surface area contributed by atoms with E-state index in [1.165, 1.54) is 77.5 Å². The van der Waals surface area contributed by atoms with Crippen molar-refractivity contribution in [2.45, 2.75) is 118 Å². The van der Waals surface area contributed by atoms with Crippen LogP contribution in [-0.4, -0.2) is 12.1 Å². The predicted octanol–water partition coefficient (Wildman–Crippen LogP) is 8.98. The minimum atomic E-state index is -0.299. The van der Waals surface area contributed by atoms with Crippen LogP contribution in [-0.2, 0) is 6.42 Å². The van der Waals surface area contributed by atoms with E-state index in [9.17, 15) is 0 Å². The van der Waals surface area contributed by atoms with Gasteiger partial charge >= 0.3 is 0 Å². The van der Waals surface area contributed by atoms with Gasteiger partial charge in [0.1, 0.15) is 0 Å². The molecule has 38 heavy (non-hydrogen) atoms. The molecule has 0 aliphatic heterocycles. The summed E-state index contributed by atoms with van der Waals surface area (Å²) in [5.74, 6) is 5.13. The number of allylic oxidation sites excluding steroid dienone is 5. The Hall–Kier alpha value is -2.24. The molecule has 0 bridgehead atoms. The molecule has 208 valence electrons. The molecule has 2 unspecified atom stereocenters. The monoisotopic (exact) mass is 514 g/mol. The van der Waals surface area contributed by atoms with Gasteiger partial charge in [0.05, 0.1) is 5.54 Å². The first kappa shape index (κ1) is 30.3. The van der Waals surface area contributed by atoms with E-state index < -0.39 is 0 Å². The highest BCUT2D eigenvalue weighted by Gasteiger charge is 2.30. The van der Waals surface area contributed by atoms with Gasteiger partial charge in [-0.15, -0.1) is 6.42 Å². The summed E-state index contributed by atoms with van der Waals surface area (Å²) in [6.45, 7) is 16.7. The van der Waals surface area contributed by atoms with Gasteiger partial charge in [0, 0.05) is 11.3 Å². The molecule has 1 aromatic carbocycles. The van der Waals surface area contributed by atoms with Crippen molar-refractivity contribution in [3.63, 3.8) is 0 Å². The number of fused-ring (bicyclic) bond motifs is 1. The molecule has 1 fully saturated rings. The van der Waals surface area contributed by atoms with Crippen LogP contribution in [0.5, 0.6) is 0 Å². The second kappa shape index (κ2) is 13.7. The summed E-state index contributed by atoms with van der Waals surface area (Å²) in [6.07, 6.45) is 22.3. The largest absolute Gasteiger partial charge is 0.398 e. The summed E-state index contributed by atoms with van der Waals surface area (Å²) in [5.41, 5.74) is 17.2. The summed E-state index contributed by atoms with van der Waals surface area (Å²) in [5, 5.41) is 3.82. The fourth-order valence-corrected chi connectivity index (χ4v) is 6.85. The van der Waals surface area contributed by atoms with E-state index in [2.05, 4.69) is 84.0 Å². The third-order valence-corrected chi connectivity index (χ3v) is 9.70. The van der Waals surface area contributed by atoms with Gasteiger partial charge in [-0.1, -0.05) is 77.5 Å². The number of hydrogen-bond donors (Lipinski definition) is 2. The number of benzene rings is 1. The fraction of sp³-hybridized carbons (Fsp3) is 0.611. The Kier molecular flexibility index (Phi) is 10.9. The third-order valence-electron chi connectivity index (χ3n) is 9.70. The van der Waals surface area contributed by atoms with E-state index in [4.69, 9.17) is 12.2 Å². The van der Waals surface area contributed by atoms with Crippen LogP contribution >= 0.6 is 0 Å². The lowest BCUT2D eigenvalue weighted by atomic mass is 9.76. The van der Waals surface area contributed by atoms with Gasteiger partial charge in [0.25, 0.3) is 0 Å². The number of nitrogens with two attached hydrogens (primary N) is 1. The van der Waals surface area contributed by atoms with Gasteiger partial charge in [-0.3, -0.25) is 0 Å². The first-order valence-corrected chi connectivity index (χ1v) is 15.4. The zero-order chi connectivity index (χ0) is 27.9. The lowest BCUT2D eigenvalue weighted by Crippen LogP contribution is -2.46. The van der Waals surface area contributed by atoms with Crippen LogP contribution in [0.25, 0.3) is 11.3 Å². The van der Waals surface area contributed by atoms with E-state index in [1.807, 2.05) is 0 Å². The number of terminal acetylenes is 1. The number of hydrogen-bond acceptors (Lipinski definition) is 2. The molecule has 2 nitrogen and oxygen atoms in total. The van der Waals surface area contributed by atoms with E-state index >= 15 is 0 Å². The summed E-state index contributed by atoms with van der Waals surface area (Å²) < 4.78 is 0. The van der Waals surface area contributed by atoms with Crippen LogP contribution in [0, 0.1) is 37.0 Å². The van der Waals surface area contributed by atoms with E-state index in [-0.39, 0.29) is 5.54 Å². The molecule has 0 amide bonds. The van der Waals surface area contributed by atoms with Crippen molar-refractivity contribution in [2.75, 3.05) is 6.54 Å². The third kappa shape index (κ3) is 6.66. The molecule has 2 aliphatic carbocycles. The van der Waals surface area contributed by atoms with Gasteiger partial charge in [-0.05, 0) is 123 Å². The van der Waals surface area contributed by atoms with E-state index in [0.29, 0.717) is 17.8 Å². The van der Waals surface area contributed by atoms with Crippen molar-refractivity contribution in [3.8, 4) is 12.3 Å². The quantitative estimate of drug-likeness (QED) is 0.289. The second-order valence-corrected chi connectivity index (χ2v) is 12.2. The molecule has 2 aliphatic rings. The molecule has 0 spiro atoms. The lowest BCUT2D eigenvalue weighted by molar-refractivity contribution is 0.293. The van der Waals surface area contributed by atoms with Crippen molar-refractivity contribution in [2.24, 2.45) is 23.5 Å². The van der Waals surface area contributed by atoms with Crippen LogP contribution in [0.4, 0.5) is 0 Å². The van der Waals surface area contributed by atoms with Crippen molar-refractivity contribution < 1.29 is 0 Å². The molecule has 1 saturated carbocycles. The zero-order valence-corrected chi connectivity index (χ0v) is 25.5. The molecule has 0 aromatic heterocycles. The van der Waals surface area contributed by atoms with Crippen LogP contribution in [0.1, 0.15) is 122 Å². The normalized spacial score (nSPS) is 20.4. The Balaban J connectivity index is 1.92. The molecule has 0 heterocycles. The summed E-state index contributed by atoms with van der Waals surface area (Å²) in [7, 11) is 0. The second-order valence-electron chi connectivity index (χ2n) is 12.2. The van der Waals surface area contributed by atoms with Crippen LogP contribution in [0.2, 0.25) is 0 Å². The minimum absolute atomic E-state index is 0.299. The molecule has 1 aromatic rings. The molecule has 2 heteroatoms. The Morgan fingerprint density at radius 1 is 1.18 bits per heavy atom. The maximum Gasteiger partial charge on any atom is 0.0798 e. The van der Waals surface area contributed by atoms with Gasteiger partial charge in [-0.25, -0.2) is 0 Å². The minimum Gasteiger partial charge on any atom is -0.398 e. The zero-order valence-electron chi connectivity index (χ0n) is 25.5. The molecule has 0 radical (unpaired) electrons. The first-order valence-electron chi connectivity index (χ1n) is 15.4. The SMILES string of the molecule is C#CC(CC)(CCC1=C(N)c2cc(/C(=C\C)C3CCCCC3)c(C)cc2C/C1=C/C)NCC(CC)C(C)C. The summed E-state index contributed by atoms with van der Waals surface area (Å²) in [4.78, 5) is 0. The Morgan fingerprint density at radius 2 is 1.89 bits per heavy atom. The molecular formula is C36H54N2. The maximum absolute atomic E-state index is 7.04. The van der Waals surface area contributed by atoms with Crippen LogP contribution in [0.15, 0.2) is 35.4 Å². The molecule has 0 saturated heterocycles. The average molecular weight is 515 g/mol. The molecule has 2 atom stereocenters. The van der Waals surface area contributed by atoms with Crippen molar-refractivity contribution in [3.05, 3.63) is 57.7 Å². The van der Waals surface area contributed by atoms with Gasteiger partial charge in [-0.2, -0.15) is 0 Å². The van der Waals surface area contributed by atoms with Crippen LogP contribution < -0.4 is 11.1 Å². The first-order chi connectivity index (χ1) is 18.2. The highest BCUT2D eigenvalue weighted by Crippen LogP contribution is 2.41. The number of aryl methyl sites for hydroxylation is 1. The molecule has 3 rings (SSSR count). The fourth-order valence-electron chi connectivity index (χ4n) is 6.85. The van der Waals surface area contributed by atoms with Crippen LogP contribution in [0.3, 0.4) is 0 Å². The smallest absolute Gasteiger partial charge is 0.0798 e. The Labute approximate surface area is 234 Å². The molecular weight excluding hydrogens is 460 g/mol. The van der Waals surface area contributed by atoms with Gasteiger partial charge < -0.3 is 11.1 Å². The number of nitrogens with one attached hydrogen (secondary N) is 1.